The minimum Gasteiger partial charge on any atom is -0.147 e. The Labute approximate surface area is 299 Å². The molecule has 0 bridgehead atoms. The van der Waals surface area contributed by atoms with Crippen molar-refractivity contribution in [3.05, 3.63) is 129 Å². The van der Waals surface area contributed by atoms with Crippen molar-refractivity contribution in [1.29, 1.82) is 0 Å². The van der Waals surface area contributed by atoms with E-state index in [0.717, 1.165) is 6.42 Å². The summed E-state index contributed by atoms with van der Waals surface area (Å²) in [6, 6.07) is 33.1. The number of hydrogen-bond acceptors (Lipinski definition) is 0. The van der Waals surface area contributed by atoms with Crippen molar-refractivity contribution in [2.45, 2.75) is 89.2 Å². The van der Waals surface area contributed by atoms with Crippen molar-refractivity contribution >= 4 is 43.8 Å². The summed E-state index contributed by atoms with van der Waals surface area (Å²) < 4.78 is 6.60. The average molecular weight is 761 g/mol. The number of allylic oxidation sites excluding steroid dienone is 2. The number of benzene rings is 4. The number of hydrogen-bond donors (Lipinski definition) is 0. The third kappa shape index (κ3) is 6.67. The molecule has 4 aromatic carbocycles. The molecule has 248 valence electrons. The van der Waals surface area contributed by atoms with Crippen molar-refractivity contribution in [1.82, 2.24) is 0 Å². The van der Waals surface area contributed by atoms with E-state index in [4.69, 9.17) is 0 Å². The summed E-state index contributed by atoms with van der Waals surface area (Å²) in [5.74, 6) is 1.20. The second-order valence-electron chi connectivity index (χ2n) is 15.2. The summed E-state index contributed by atoms with van der Waals surface area (Å²) in [6.07, 6.45) is 8.60. The van der Waals surface area contributed by atoms with Gasteiger partial charge in [0.25, 0.3) is 0 Å². The molecule has 0 spiro atoms. The Balaban J connectivity index is 0.00000250. The molecular formula is C43H54Cl2SiZr. The quantitative estimate of drug-likeness (QED) is 0.149. The number of fused-ring (bicyclic) bond motifs is 2. The van der Waals surface area contributed by atoms with Crippen LogP contribution in [0.15, 0.2) is 96.1 Å². The van der Waals surface area contributed by atoms with E-state index in [0.29, 0.717) is 19.1 Å². The Morgan fingerprint density at radius 3 is 1.47 bits per heavy atom. The molecule has 4 unspecified atom stereocenters. The molecule has 0 saturated carbocycles. The monoisotopic (exact) mass is 758 g/mol. The van der Waals surface area contributed by atoms with Gasteiger partial charge in [-0.05, 0) is 0 Å². The molecular weight excluding hydrogens is 707 g/mol. The van der Waals surface area contributed by atoms with Gasteiger partial charge in [-0.15, -0.1) is 24.8 Å². The average Bonchev–Trinajstić information content (AvgIpc) is 3.62. The van der Waals surface area contributed by atoms with E-state index in [2.05, 4.69) is 155 Å². The molecule has 0 heterocycles. The van der Waals surface area contributed by atoms with Crippen LogP contribution in [0.1, 0.15) is 113 Å². The maximum absolute atomic E-state index is 3.60. The van der Waals surface area contributed by atoms with E-state index in [1.165, 1.54) is 57.3 Å². The number of rotatable bonds is 9. The molecule has 0 amide bonds. The zero-order valence-corrected chi connectivity index (χ0v) is 35.2. The summed E-state index contributed by atoms with van der Waals surface area (Å²) in [7, 11) is 0. The van der Waals surface area contributed by atoms with Crippen LogP contribution in [0.2, 0.25) is 9.26 Å². The first kappa shape index (κ1) is 37.9. The number of halogens is 2. The van der Waals surface area contributed by atoms with Gasteiger partial charge in [-0.2, -0.15) is 0 Å². The van der Waals surface area contributed by atoms with Crippen LogP contribution in [-0.2, 0) is 17.4 Å². The zero-order chi connectivity index (χ0) is 32.1. The van der Waals surface area contributed by atoms with Crippen LogP contribution in [0.3, 0.4) is 0 Å². The molecule has 0 fully saturated rings. The van der Waals surface area contributed by atoms with Gasteiger partial charge in [0.15, 0.2) is 0 Å². The fourth-order valence-electron chi connectivity index (χ4n) is 8.82. The Morgan fingerprint density at radius 1 is 0.617 bits per heavy atom. The summed E-state index contributed by atoms with van der Waals surface area (Å²) in [6.45, 7) is 16.5. The van der Waals surface area contributed by atoms with Crippen LogP contribution >= 0.6 is 24.8 Å². The second kappa shape index (κ2) is 14.5. The van der Waals surface area contributed by atoms with Crippen LogP contribution in [-0.4, -0.2) is 6.88 Å². The van der Waals surface area contributed by atoms with Gasteiger partial charge >= 0.3 is 277 Å². The maximum Gasteiger partial charge on any atom is -0.147 e. The van der Waals surface area contributed by atoms with Gasteiger partial charge in [-0.25, -0.2) is 0 Å². The Kier molecular flexibility index (Phi) is 11.7. The van der Waals surface area contributed by atoms with Gasteiger partial charge in [-0.3, -0.25) is 0 Å². The molecule has 0 aliphatic heterocycles. The predicted octanol–water partition coefficient (Wildman–Crippen LogP) is 13.2. The van der Waals surface area contributed by atoms with E-state index < -0.39 is 17.4 Å². The Hall–Kier alpha value is -1.96. The van der Waals surface area contributed by atoms with Crippen LogP contribution in [0.4, 0.5) is 0 Å². The molecule has 0 aromatic heterocycles. The van der Waals surface area contributed by atoms with Gasteiger partial charge in [-0.1, -0.05) is 0 Å². The first-order valence-corrected chi connectivity index (χ1v) is 31.1. The largest absolute Gasteiger partial charge is 0.147 e. The van der Waals surface area contributed by atoms with Crippen LogP contribution in [0.25, 0.3) is 34.4 Å². The molecule has 0 nitrogen and oxygen atoms in total. The molecule has 0 N–H and O–H groups in total. The van der Waals surface area contributed by atoms with E-state index in [-0.39, 0.29) is 24.8 Å². The first-order chi connectivity index (χ1) is 21.5. The maximum atomic E-state index is 2.77. The topological polar surface area (TPSA) is 0 Å². The molecule has 2 aliphatic rings. The van der Waals surface area contributed by atoms with E-state index in [1.54, 1.807) is 22.3 Å². The molecule has 6 rings (SSSR count). The van der Waals surface area contributed by atoms with Gasteiger partial charge in [0.05, 0.1) is 0 Å². The SMILES string of the molecule is CCC1=Cc2c(-c3ccc(C(C)CC)cc3)cccc2[CH]1[Zr]([CH3])([CH3])(=[SiH2])[CH]1C(C)=Cc2c(-c3ccc(C(C)CC)cc3)cccc21.Cl.Cl. The standard InChI is InChI=1S/C21H23.C20H21.2CH3.2ClH.H2Si.Zr/c1-4-15(3)17-9-11-18(12-10-17)20-8-6-7-19-13-16(5-2)14-21(19)20;1-4-15(3)16-8-10-17(11-9-16)19-7-5-6-18-12-14(2)13-20(18)19;;;;;;/h6-15H,4-5H2,1-3H3;5-13,15H,4H2,1-3H3;2*1H3;2*1H;1H2;. The van der Waals surface area contributed by atoms with Crippen LogP contribution in [0, 0.1) is 0 Å². The third-order valence-electron chi connectivity index (χ3n) is 11.5. The molecule has 2 aliphatic carbocycles. The van der Waals surface area contributed by atoms with Crippen LogP contribution < -0.4 is 0 Å². The normalized spacial score (nSPS) is 18.2. The summed E-state index contributed by atoms with van der Waals surface area (Å²) in [5, 5.41) is 0. The van der Waals surface area contributed by atoms with Gasteiger partial charge in [0.2, 0.25) is 0 Å². The molecule has 0 saturated heterocycles. The van der Waals surface area contributed by atoms with Gasteiger partial charge in [0, 0.05) is 0 Å². The summed E-state index contributed by atoms with van der Waals surface area (Å²) in [4.78, 5) is 0. The van der Waals surface area contributed by atoms with E-state index >= 15 is 0 Å². The summed E-state index contributed by atoms with van der Waals surface area (Å²) in [5.41, 5.74) is 17.7. The van der Waals surface area contributed by atoms with Crippen molar-refractivity contribution in [3.8, 4) is 22.3 Å². The van der Waals surface area contributed by atoms with Gasteiger partial charge < -0.3 is 0 Å². The fraction of sp³-hybridized carbons (Fsp3) is 0.349. The minimum absolute atomic E-state index is 0. The fourth-order valence-corrected chi connectivity index (χ4v) is 29.5. The molecule has 4 atom stereocenters. The first-order valence-electron chi connectivity index (χ1n) is 17.4. The van der Waals surface area contributed by atoms with E-state index in [1.807, 2.05) is 0 Å². The van der Waals surface area contributed by atoms with Crippen molar-refractivity contribution in [3.63, 3.8) is 0 Å². The molecule has 4 heteroatoms. The zero-order valence-electron chi connectivity index (χ0n) is 29.7. The summed E-state index contributed by atoms with van der Waals surface area (Å²) >= 11 is -3.60. The van der Waals surface area contributed by atoms with Crippen molar-refractivity contribution in [2.24, 2.45) is 0 Å². The molecule has 4 aromatic rings. The van der Waals surface area contributed by atoms with E-state index in [9.17, 15) is 0 Å². The third-order valence-corrected chi connectivity index (χ3v) is 29.3. The smallest absolute Gasteiger partial charge is 0.147 e. The Morgan fingerprint density at radius 2 is 1.04 bits per heavy atom. The molecule has 0 radical (unpaired) electrons. The Bertz CT molecular complexity index is 1870. The minimum atomic E-state index is -3.60. The molecule has 47 heavy (non-hydrogen) atoms. The second-order valence-corrected chi connectivity index (χ2v) is 45.7. The van der Waals surface area contributed by atoms with Crippen molar-refractivity contribution < 1.29 is 17.4 Å². The van der Waals surface area contributed by atoms with Crippen molar-refractivity contribution in [2.75, 3.05) is 0 Å². The van der Waals surface area contributed by atoms with Crippen LogP contribution in [0.5, 0.6) is 0 Å². The predicted molar refractivity (Wildman–Crippen MR) is 213 cm³/mol. The van der Waals surface area contributed by atoms with Gasteiger partial charge in [0.1, 0.15) is 0 Å².